The molecule has 0 spiro atoms. The third kappa shape index (κ3) is 2.98. The highest BCUT2D eigenvalue weighted by molar-refractivity contribution is 4.86. The number of piperazine rings is 1. The summed E-state index contributed by atoms with van der Waals surface area (Å²) in [7, 11) is 0. The molecule has 0 amide bonds. The Morgan fingerprint density at radius 1 is 1.12 bits per heavy atom. The Morgan fingerprint density at radius 2 is 1.94 bits per heavy atom. The molecule has 16 heavy (non-hydrogen) atoms. The molecule has 0 radical (unpaired) electrons. The standard InChI is InChI=1S/C14H28N2/c1-4-14(2,3)12-15-9-10-16-8-6-5-7-13(16)11-15/h13H,4-12H2,1-3H3. The summed E-state index contributed by atoms with van der Waals surface area (Å²) >= 11 is 0. The third-order valence-corrected chi connectivity index (χ3v) is 4.53. The van der Waals surface area contributed by atoms with Crippen LogP contribution in [0.2, 0.25) is 0 Å². The van der Waals surface area contributed by atoms with Crippen LogP contribution in [0.4, 0.5) is 0 Å². The first-order valence-electron chi connectivity index (χ1n) is 7.07. The highest BCUT2D eigenvalue weighted by Crippen LogP contribution is 2.25. The Bertz CT molecular complexity index is 225. The van der Waals surface area contributed by atoms with E-state index in [0.717, 1.165) is 6.04 Å². The Kier molecular flexibility index (Phi) is 3.91. The maximum Gasteiger partial charge on any atom is 0.0223 e. The zero-order valence-electron chi connectivity index (χ0n) is 11.3. The second-order valence-electron chi connectivity index (χ2n) is 6.44. The zero-order valence-corrected chi connectivity index (χ0v) is 11.3. The average Bonchev–Trinajstić information content (AvgIpc) is 2.28. The SMILES string of the molecule is CCC(C)(C)CN1CCN2CCCCC2C1. The first-order chi connectivity index (χ1) is 7.61. The van der Waals surface area contributed by atoms with Gasteiger partial charge in [0.2, 0.25) is 0 Å². The molecule has 0 aliphatic carbocycles. The van der Waals surface area contributed by atoms with Gasteiger partial charge in [0.05, 0.1) is 0 Å². The van der Waals surface area contributed by atoms with Gasteiger partial charge in [-0.1, -0.05) is 27.2 Å². The third-order valence-electron chi connectivity index (χ3n) is 4.53. The van der Waals surface area contributed by atoms with Gasteiger partial charge < -0.3 is 0 Å². The Hall–Kier alpha value is -0.0800. The molecule has 2 nitrogen and oxygen atoms in total. The smallest absolute Gasteiger partial charge is 0.0223 e. The van der Waals surface area contributed by atoms with Gasteiger partial charge in [-0.05, 0) is 31.2 Å². The number of hydrogen-bond donors (Lipinski definition) is 0. The van der Waals surface area contributed by atoms with Crippen molar-refractivity contribution in [3.8, 4) is 0 Å². The van der Waals surface area contributed by atoms with Crippen molar-refractivity contribution >= 4 is 0 Å². The molecular weight excluding hydrogens is 196 g/mol. The van der Waals surface area contributed by atoms with Crippen LogP contribution in [0.5, 0.6) is 0 Å². The summed E-state index contributed by atoms with van der Waals surface area (Å²) in [6.45, 7) is 13.7. The minimum atomic E-state index is 0.497. The molecule has 2 saturated heterocycles. The van der Waals surface area contributed by atoms with Gasteiger partial charge in [-0.3, -0.25) is 9.80 Å². The van der Waals surface area contributed by atoms with E-state index in [9.17, 15) is 0 Å². The molecular formula is C14H28N2. The summed E-state index contributed by atoms with van der Waals surface area (Å²) in [6, 6.07) is 0.871. The van der Waals surface area contributed by atoms with Crippen LogP contribution >= 0.6 is 0 Å². The number of piperidine rings is 1. The van der Waals surface area contributed by atoms with Crippen LogP contribution < -0.4 is 0 Å². The maximum atomic E-state index is 2.72. The molecule has 0 aromatic heterocycles. The van der Waals surface area contributed by atoms with E-state index in [1.807, 2.05) is 0 Å². The molecule has 2 aliphatic heterocycles. The summed E-state index contributed by atoms with van der Waals surface area (Å²) in [5.74, 6) is 0. The monoisotopic (exact) mass is 224 g/mol. The van der Waals surface area contributed by atoms with Crippen molar-refractivity contribution in [2.75, 3.05) is 32.7 Å². The minimum absolute atomic E-state index is 0.497. The van der Waals surface area contributed by atoms with Gasteiger partial charge in [-0.2, -0.15) is 0 Å². The van der Waals surface area contributed by atoms with E-state index < -0.39 is 0 Å². The normalized spacial score (nSPS) is 29.1. The molecule has 0 N–H and O–H groups in total. The molecule has 94 valence electrons. The van der Waals surface area contributed by atoms with Crippen LogP contribution in [0.25, 0.3) is 0 Å². The van der Waals surface area contributed by atoms with E-state index >= 15 is 0 Å². The van der Waals surface area contributed by atoms with Crippen molar-refractivity contribution in [1.82, 2.24) is 9.80 Å². The lowest BCUT2D eigenvalue weighted by molar-refractivity contribution is 0.0310. The van der Waals surface area contributed by atoms with Crippen molar-refractivity contribution in [3.63, 3.8) is 0 Å². The molecule has 1 unspecified atom stereocenters. The topological polar surface area (TPSA) is 6.48 Å². The van der Waals surface area contributed by atoms with E-state index in [4.69, 9.17) is 0 Å². The van der Waals surface area contributed by atoms with Gasteiger partial charge in [0, 0.05) is 32.2 Å². The molecule has 2 aliphatic rings. The molecule has 0 saturated carbocycles. The molecule has 2 heteroatoms. The lowest BCUT2D eigenvalue weighted by Gasteiger charge is -2.45. The molecule has 0 aromatic carbocycles. The number of fused-ring (bicyclic) bond motifs is 1. The summed E-state index contributed by atoms with van der Waals surface area (Å²) in [5.41, 5.74) is 0.497. The first kappa shape index (κ1) is 12.4. The van der Waals surface area contributed by atoms with Crippen LogP contribution in [0.15, 0.2) is 0 Å². The molecule has 1 atom stereocenters. The molecule has 0 aromatic rings. The van der Waals surface area contributed by atoms with Gasteiger partial charge in [0.25, 0.3) is 0 Å². The van der Waals surface area contributed by atoms with Crippen LogP contribution in [0, 0.1) is 5.41 Å². The Morgan fingerprint density at radius 3 is 2.69 bits per heavy atom. The Balaban J connectivity index is 1.85. The van der Waals surface area contributed by atoms with Gasteiger partial charge in [-0.15, -0.1) is 0 Å². The highest BCUT2D eigenvalue weighted by Gasteiger charge is 2.30. The van der Waals surface area contributed by atoms with Gasteiger partial charge in [-0.25, -0.2) is 0 Å². The fourth-order valence-electron chi connectivity index (χ4n) is 3.08. The van der Waals surface area contributed by atoms with Crippen LogP contribution in [0.3, 0.4) is 0 Å². The average molecular weight is 224 g/mol. The number of rotatable bonds is 3. The summed E-state index contributed by atoms with van der Waals surface area (Å²) in [5, 5.41) is 0. The zero-order chi connectivity index (χ0) is 11.6. The van der Waals surface area contributed by atoms with E-state index in [0.29, 0.717) is 5.41 Å². The van der Waals surface area contributed by atoms with Gasteiger partial charge in [0.1, 0.15) is 0 Å². The lowest BCUT2D eigenvalue weighted by Crippen LogP contribution is -2.56. The summed E-state index contributed by atoms with van der Waals surface area (Å²) < 4.78 is 0. The highest BCUT2D eigenvalue weighted by atomic mass is 15.3. The molecule has 0 bridgehead atoms. The summed E-state index contributed by atoms with van der Waals surface area (Å²) in [4.78, 5) is 5.43. The first-order valence-corrected chi connectivity index (χ1v) is 7.07. The maximum absolute atomic E-state index is 2.72. The van der Waals surface area contributed by atoms with Crippen LogP contribution in [-0.2, 0) is 0 Å². The second kappa shape index (κ2) is 5.05. The summed E-state index contributed by atoms with van der Waals surface area (Å²) in [6.07, 6.45) is 5.60. The van der Waals surface area contributed by atoms with Crippen LogP contribution in [-0.4, -0.2) is 48.6 Å². The van der Waals surface area contributed by atoms with Gasteiger partial charge in [0.15, 0.2) is 0 Å². The van der Waals surface area contributed by atoms with Crippen molar-refractivity contribution in [2.24, 2.45) is 5.41 Å². The van der Waals surface area contributed by atoms with Crippen molar-refractivity contribution in [1.29, 1.82) is 0 Å². The van der Waals surface area contributed by atoms with E-state index in [1.54, 1.807) is 0 Å². The van der Waals surface area contributed by atoms with Crippen molar-refractivity contribution < 1.29 is 0 Å². The predicted molar refractivity (Wildman–Crippen MR) is 69.7 cm³/mol. The van der Waals surface area contributed by atoms with Gasteiger partial charge >= 0.3 is 0 Å². The predicted octanol–water partition coefficient (Wildman–Crippen LogP) is 2.59. The fourth-order valence-corrected chi connectivity index (χ4v) is 3.08. The molecule has 2 rings (SSSR count). The Labute approximate surface area is 101 Å². The molecule has 2 fully saturated rings. The van der Waals surface area contributed by atoms with E-state index in [2.05, 4.69) is 30.6 Å². The lowest BCUT2D eigenvalue weighted by atomic mass is 9.88. The van der Waals surface area contributed by atoms with E-state index in [-0.39, 0.29) is 0 Å². The van der Waals surface area contributed by atoms with Crippen molar-refractivity contribution in [3.05, 3.63) is 0 Å². The van der Waals surface area contributed by atoms with Crippen LogP contribution in [0.1, 0.15) is 46.5 Å². The number of hydrogen-bond acceptors (Lipinski definition) is 2. The number of nitrogens with zero attached hydrogens (tertiary/aromatic N) is 2. The largest absolute Gasteiger partial charge is 0.300 e. The van der Waals surface area contributed by atoms with Crippen molar-refractivity contribution in [2.45, 2.75) is 52.5 Å². The minimum Gasteiger partial charge on any atom is -0.300 e. The molecule has 2 heterocycles. The second-order valence-corrected chi connectivity index (χ2v) is 6.44. The van der Waals surface area contributed by atoms with E-state index in [1.165, 1.54) is 58.4 Å². The quantitative estimate of drug-likeness (QED) is 0.727. The fraction of sp³-hybridized carbons (Fsp3) is 1.00.